The number of aryl methyl sites for hydroxylation is 1. The van der Waals surface area contributed by atoms with Gasteiger partial charge in [0.05, 0.1) is 24.5 Å². The Morgan fingerprint density at radius 3 is 2.77 bits per heavy atom. The largest absolute Gasteiger partial charge is 0.379 e. The van der Waals surface area contributed by atoms with E-state index in [0.29, 0.717) is 49.7 Å². The molecule has 3 rings (SSSR count). The molecule has 0 atom stereocenters. The summed E-state index contributed by atoms with van der Waals surface area (Å²) in [5.74, 6) is -0.359. The molecule has 2 heterocycles. The van der Waals surface area contributed by atoms with Crippen LogP contribution in [0.25, 0.3) is 0 Å². The molecule has 0 saturated carbocycles. The number of ether oxygens (including phenoxy) is 1. The van der Waals surface area contributed by atoms with Crippen LogP contribution in [-0.4, -0.2) is 54.5 Å². The summed E-state index contributed by atoms with van der Waals surface area (Å²) in [7, 11) is 0. The standard InChI is InChI=1S/C22H25N5O3/c1-16-18(14-23)5-6-20(25-16)22(29)24-15-17-3-2-4-19(13-17)26-21(28)7-8-27-9-11-30-12-10-27/h2-6,13H,7-12,15H2,1H3,(H,24,29)(H,26,28). The Balaban J connectivity index is 1.50. The molecule has 1 aliphatic heterocycles. The topological polar surface area (TPSA) is 107 Å². The fourth-order valence-electron chi connectivity index (χ4n) is 3.15. The minimum absolute atomic E-state index is 0.0417. The van der Waals surface area contributed by atoms with Gasteiger partial charge in [0.1, 0.15) is 11.8 Å². The van der Waals surface area contributed by atoms with E-state index in [1.165, 1.54) is 6.07 Å². The number of rotatable bonds is 7. The zero-order valence-corrected chi connectivity index (χ0v) is 17.0. The van der Waals surface area contributed by atoms with E-state index in [0.717, 1.165) is 18.7 Å². The quantitative estimate of drug-likeness (QED) is 0.725. The van der Waals surface area contributed by atoms with Crippen LogP contribution in [0, 0.1) is 18.3 Å². The first kappa shape index (κ1) is 21.4. The predicted octanol–water partition coefficient (Wildman–Crippen LogP) is 1.85. The summed E-state index contributed by atoms with van der Waals surface area (Å²) < 4.78 is 5.31. The van der Waals surface area contributed by atoms with Crippen LogP contribution < -0.4 is 10.6 Å². The third kappa shape index (κ3) is 6.11. The summed E-state index contributed by atoms with van der Waals surface area (Å²) in [6.07, 6.45) is 0.421. The zero-order valence-electron chi connectivity index (χ0n) is 17.0. The van der Waals surface area contributed by atoms with E-state index in [9.17, 15) is 9.59 Å². The van der Waals surface area contributed by atoms with Crippen LogP contribution in [0.5, 0.6) is 0 Å². The molecule has 0 radical (unpaired) electrons. The molecule has 2 N–H and O–H groups in total. The number of carbonyl (C=O) groups is 2. The Labute approximate surface area is 175 Å². The zero-order chi connectivity index (χ0) is 21.3. The Kier molecular flexibility index (Phi) is 7.49. The summed E-state index contributed by atoms with van der Waals surface area (Å²) in [6, 6.07) is 12.5. The molecule has 8 nitrogen and oxygen atoms in total. The van der Waals surface area contributed by atoms with Gasteiger partial charge >= 0.3 is 0 Å². The first-order valence-corrected chi connectivity index (χ1v) is 9.90. The number of nitrogens with zero attached hydrogens (tertiary/aromatic N) is 3. The summed E-state index contributed by atoms with van der Waals surface area (Å²) in [5.41, 5.74) is 2.79. The SMILES string of the molecule is Cc1nc(C(=O)NCc2cccc(NC(=O)CCN3CCOCC3)c2)ccc1C#N. The first-order valence-electron chi connectivity index (χ1n) is 9.90. The molecule has 2 amide bonds. The third-order valence-corrected chi connectivity index (χ3v) is 4.86. The van der Waals surface area contributed by atoms with E-state index in [2.05, 4.69) is 20.5 Å². The van der Waals surface area contributed by atoms with Crippen LogP contribution in [-0.2, 0) is 16.1 Å². The summed E-state index contributed by atoms with van der Waals surface area (Å²) in [4.78, 5) is 30.9. The molecule has 30 heavy (non-hydrogen) atoms. The molecule has 1 saturated heterocycles. The molecule has 2 aromatic rings. The van der Waals surface area contributed by atoms with Gasteiger partial charge in [0.2, 0.25) is 5.91 Å². The molecule has 0 unspecified atom stereocenters. The van der Waals surface area contributed by atoms with Crippen LogP contribution in [0.15, 0.2) is 36.4 Å². The molecule has 1 aromatic carbocycles. The van der Waals surface area contributed by atoms with E-state index in [1.807, 2.05) is 30.3 Å². The molecule has 0 spiro atoms. The van der Waals surface area contributed by atoms with Gasteiger partial charge in [-0.3, -0.25) is 14.5 Å². The van der Waals surface area contributed by atoms with Crippen molar-refractivity contribution in [2.45, 2.75) is 19.9 Å². The van der Waals surface area contributed by atoms with Crippen LogP contribution in [0.3, 0.4) is 0 Å². The number of amides is 2. The molecule has 1 aromatic heterocycles. The van der Waals surface area contributed by atoms with Crippen molar-refractivity contribution < 1.29 is 14.3 Å². The van der Waals surface area contributed by atoms with Gasteiger partial charge in [0.25, 0.3) is 5.91 Å². The molecular formula is C22H25N5O3. The van der Waals surface area contributed by atoms with E-state index in [1.54, 1.807) is 13.0 Å². The van der Waals surface area contributed by atoms with Gasteiger partial charge in [0, 0.05) is 38.3 Å². The van der Waals surface area contributed by atoms with E-state index in [4.69, 9.17) is 10.00 Å². The second-order valence-corrected chi connectivity index (χ2v) is 7.08. The molecular weight excluding hydrogens is 382 g/mol. The highest BCUT2D eigenvalue weighted by atomic mass is 16.5. The molecule has 1 aliphatic rings. The predicted molar refractivity (Wildman–Crippen MR) is 112 cm³/mol. The minimum atomic E-state index is -0.317. The Hall–Kier alpha value is -3.28. The molecule has 0 aliphatic carbocycles. The van der Waals surface area contributed by atoms with Crippen LogP contribution >= 0.6 is 0 Å². The average molecular weight is 407 g/mol. The van der Waals surface area contributed by atoms with Gasteiger partial charge in [-0.15, -0.1) is 0 Å². The number of nitrogens with one attached hydrogen (secondary N) is 2. The lowest BCUT2D eigenvalue weighted by molar-refractivity contribution is -0.116. The van der Waals surface area contributed by atoms with Crippen molar-refractivity contribution in [1.29, 1.82) is 5.26 Å². The van der Waals surface area contributed by atoms with E-state index in [-0.39, 0.29) is 17.5 Å². The molecule has 0 bridgehead atoms. The van der Waals surface area contributed by atoms with Crippen molar-refractivity contribution in [2.75, 3.05) is 38.2 Å². The van der Waals surface area contributed by atoms with Crippen LogP contribution in [0.1, 0.15) is 33.7 Å². The highest BCUT2D eigenvalue weighted by Gasteiger charge is 2.13. The van der Waals surface area contributed by atoms with Crippen molar-refractivity contribution in [3.05, 3.63) is 58.9 Å². The lowest BCUT2D eigenvalue weighted by Crippen LogP contribution is -2.38. The molecule has 1 fully saturated rings. The van der Waals surface area contributed by atoms with Gasteiger partial charge in [0.15, 0.2) is 0 Å². The van der Waals surface area contributed by atoms with Crippen molar-refractivity contribution >= 4 is 17.5 Å². The second kappa shape index (κ2) is 10.5. The molecule has 156 valence electrons. The maximum atomic E-state index is 12.3. The smallest absolute Gasteiger partial charge is 0.270 e. The molecule has 8 heteroatoms. The van der Waals surface area contributed by atoms with Gasteiger partial charge in [-0.1, -0.05) is 12.1 Å². The lowest BCUT2D eigenvalue weighted by atomic mass is 10.1. The second-order valence-electron chi connectivity index (χ2n) is 7.08. The Morgan fingerprint density at radius 2 is 2.03 bits per heavy atom. The van der Waals surface area contributed by atoms with E-state index >= 15 is 0 Å². The number of nitriles is 1. The number of carbonyl (C=O) groups excluding carboxylic acids is 2. The number of aromatic nitrogens is 1. The van der Waals surface area contributed by atoms with Crippen molar-refractivity contribution in [3.63, 3.8) is 0 Å². The normalized spacial score (nSPS) is 14.0. The summed E-state index contributed by atoms with van der Waals surface area (Å²) in [6.45, 7) is 5.85. The number of benzene rings is 1. The monoisotopic (exact) mass is 407 g/mol. The number of hydrogen-bond acceptors (Lipinski definition) is 6. The van der Waals surface area contributed by atoms with Gasteiger partial charge in [-0.25, -0.2) is 4.98 Å². The van der Waals surface area contributed by atoms with Crippen molar-refractivity contribution in [2.24, 2.45) is 0 Å². The van der Waals surface area contributed by atoms with Crippen LogP contribution in [0.4, 0.5) is 5.69 Å². The third-order valence-electron chi connectivity index (χ3n) is 4.86. The summed E-state index contributed by atoms with van der Waals surface area (Å²) >= 11 is 0. The fourth-order valence-corrected chi connectivity index (χ4v) is 3.15. The lowest BCUT2D eigenvalue weighted by Gasteiger charge is -2.26. The first-order chi connectivity index (χ1) is 14.5. The summed E-state index contributed by atoms with van der Waals surface area (Å²) in [5, 5.41) is 14.7. The van der Waals surface area contributed by atoms with Crippen molar-refractivity contribution in [3.8, 4) is 6.07 Å². The number of anilines is 1. The highest BCUT2D eigenvalue weighted by Crippen LogP contribution is 2.12. The number of pyridine rings is 1. The van der Waals surface area contributed by atoms with Crippen molar-refractivity contribution in [1.82, 2.24) is 15.2 Å². The fraction of sp³-hybridized carbons (Fsp3) is 0.364. The average Bonchev–Trinajstić information content (AvgIpc) is 2.77. The maximum absolute atomic E-state index is 12.3. The Morgan fingerprint density at radius 1 is 1.23 bits per heavy atom. The van der Waals surface area contributed by atoms with Gasteiger partial charge < -0.3 is 15.4 Å². The highest BCUT2D eigenvalue weighted by molar-refractivity contribution is 5.92. The number of hydrogen-bond donors (Lipinski definition) is 2. The van der Waals surface area contributed by atoms with E-state index < -0.39 is 0 Å². The Bertz CT molecular complexity index is 948. The maximum Gasteiger partial charge on any atom is 0.270 e. The van der Waals surface area contributed by atoms with Gasteiger partial charge in [-0.05, 0) is 36.8 Å². The minimum Gasteiger partial charge on any atom is -0.379 e. The van der Waals surface area contributed by atoms with Crippen LogP contribution in [0.2, 0.25) is 0 Å². The van der Waals surface area contributed by atoms with Gasteiger partial charge in [-0.2, -0.15) is 5.26 Å². The number of morpholine rings is 1.